The first-order chi connectivity index (χ1) is 21.4. The van der Waals surface area contributed by atoms with E-state index in [4.69, 9.17) is 0 Å². The van der Waals surface area contributed by atoms with E-state index >= 15 is 0 Å². The summed E-state index contributed by atoms with van der Waals surface area (Å²) in [5.41, 5.74) is 4.97. The maximum atomic E-state index is 11.3. The molecule has 0 amide bonds. The van der Waals surface area contributed by atoms with Gasteiger partial charge < -0.3 is 0 Å². The quantitative estimate of drug-likeness (QED) is 0.126. The summed E-state index contributed by atoms with van der Waals surface area (Å²) in [4.78, 5) is 24.7. The summed E-state index contributed by atoms with van der Waals surface area (Å²) < 4.78 is 18.5. The number of rotatable bonds is 6. The van der Waals surface area contributed by atoms with E-state index in [2.05, 4.69) is 17.5 Å². The van der Waals surface area contributed by atoms with Gasteiger partial charge >= 0.3 is 0 Å². The van der Waals surface area contributed by atoms with Crippen molar-refractivity contribution in [3.05, 3.63) is 92.0 Å². The van der Waals surface area contributed by atoms with Crippen molar-refractivity contribution < 1.29 is 9.85 Å². The van der Waals surface area contributed by atoms with Gasteiger partial charge in [-0.3, -0.25) is 20.2 Å². The summed E-state index contributed by atoms with van der Waals surface area (Å²) in [6.45, 7) is 0. The van der Waals surface area contributed by atoms with Gasteiger partial charge in [0, 0.05) is 42.8 Å². The molecule has 3 aromatic heterocycles. The van der Waals surface area contributed by atoms with Gasteiger partial charge in [0.05, 0.1) is 32.9 Å². The Hall–Kier alpha value is -5.52. The molecule has 12 nitrogen and oxygen atoms in total. The number of benzene rings is 3. The fraction of sp³-hybridized carbons (Fsp3) is 0. The predicted octanol–water partition coefficient (Wildman–Crippen LogP) is 8.77. The van der Waals surface area contributed by atoms with Crippen LogP contribution in [0.3, 0.4) is 0 Å². The van der Waals surface area contributed by atoms with Gasteiger partial charge in [0.25, 0.3) is 11.4 Å². The maximum absolute atomic E-state index is 11.3. The van der Waals surface area contributed by atoms with Gasteiger partial charge in [0.1, 0.15) is 45.7 Å². The van der Waals surface area contributed by atoms with Crippen LogP contribution in [0.5, 0.6) is 0 Å². The van der Waals surface area contributed by atoms with Gasteiger partial charge in [-0.25, -0.2) is 0 Å². The zero-order valence-electron chi connectivity index (χ0n) is 21.6. The first-order valence-corrected chi connectivity index (χ1v) is 15.5. The molecule has 0 fully saturated rings. The van der Waals surface area contributed by atoms with Crippen molar-refractivity contribution in [3.63, 3.8) is 0 Å². The Morgan fingerprint density at radius 3 is 1.48 bits per heavy atom. The normalized spacial score (nSPS) is 11.6. The van der Waals surface area contributed by atoms with E-state index in [1.807, 2.05) is 36.4 Å². The highest BCUT2D eigenvalue weighted by molar-refractivity contribution is 7.58. The standard InChI is InChI=1S/C28H10N8O4S4/c29-11-15-9-13(1-3-17(15)35(37)38)19-5-7-21(41-19)23-25-27(33-43-31-25)24(28-26(23)32-44-34-28)22-8-6-20(42-22)14-2-4-18(36(39)40)16(10-14)12-30/h1-10H. The lowest BCUT2D eigenvalue weighted by Crippen LogP contribution is -1.92. The average Bonchev–Trinajstić information content (AvgIpc) is 3.86. The Bertz CT molecular complexity index is 2230. The minimum absolute atomic E-state index is 0.0168. The Morgan fingerprint density at radius 1 is 0.636 bits per heavy atom. The molecule has 0 spiro atoms. The number of nitriles is 2. The van der Waals surface area contributed by atoms with Crippen molar-refractivity contribution in [1.82, 2.24) is 8.75 Å². The average molecular weight is 651 g/mol. The van der Waals surface area contributed by atoms with Gasteiger partial charge in [-0.2, -0.15) is 28.0 Å². The third-order valence-corrected chi connectivity index (χ3v) is 10.2. The fourth-order valence-electron chi connectivity index (χ4n) is 4.86. The SMILES string of the molecule is N#Cc1cc(-c2ccc(-c3c4c(c(-c5ccc(-c6ccc([N+](=O)[O-])c(C#N)c6)s5)c5nsnc35)N=S=N4)s2)ccc1[N+](=O)[O-]. The monoisotopic (exact) mass is 650 g/mol. The molecule has 0 saturated carbocycles. The molecular weight excluding hydrogens is 641 g/mol. The Morgan fingerprint density at radius 2 is 1.07 bits per heavy atom. The summed E-state index contributed by atoms with van der Waals surface area (Å²) >= 11 is 5.02. The molecule has 6 aromatic rings. The highest BCUT2D eigenvalue weighted by Gasteiger charge is 2.28. The number of hydrogen-bond acceptors (Lipinski definition) is 13. The van der Waals surface area contributed by atoms with Crippen LogP contribution in [-0.2, 0) is 11.4 Å². The molecule has 1 aliphatic rings. The molecule has 16 heteroatoms. The number of aromatic nitrogens is 2. The van der Waals surface area contributed by atoms with Crippen LogP contribution in [0.25, 0.3) is 52.8 Å². The molecule has 7 rings (SSSR count). The van der Waals surface area contributed by atoms with E-state index in [-0.39, 0.29) is 22.5 Å². The van der Waals surface area contributed by atoms with E-state index in [9.17, 15) is 30.8 Å². The molecular formula is C28H10N8O4S4. The number of thiophene rings is 2. The van der Waals surface area contributed by atoms with Crippen LogP contribution >= 0.6 is 34.4 Å². The Balaban J connectivity index is 1.33. The second-order valence-electron chi connectivity index (χ2n) is 9.20. The molecule has 0 N–H and O–H groups in total. The van der Waals surface area contributed by atoms with Crippen LogP contribution in [0.4, 0.5) is 22.7 Å². The highest BCUT2D eigenvalue weighted by atomic mass is 32.1. The summed E-state index contributed by atoms with van der Waals surface area (Å²) in [7, 11) is 0. The largest absolute Gasteiger partial charge is 0.287 e. The van der Waals surface area contributed by atoms with Crippen molar-refractivity contribution >= 4 is 79.5 Å². The van der Waals surface area contributed by atoms with Gasteiger partial charge in [-0.1, -0.05) is 0 Å². The lowest BCUT2D eigenvalue weighted by molar-refractivity contribution is -0.385. The molecule has 0 unspecified atom stereocenters. The Labute approximate surface area is 262 Å². The van der Waals surface area contributed by atoms with Crippen molar-refractivity contribution in [2.24, 2.45) is 8.73 Å². The second kappa shape index (κ2) is 10.6. The number of nitro groups is 2. The summed E-state index contributed by atoms with van der Waals surface area (Å²) in [6.07, 6.45) is 0. The third kappa shape index (κ3) is 4.37. The number of nitrogens with zero attached hydrogens (tertiary/aromatic N) is 8. The van der Waals surface area contributed by atoms with Gasteiger partial charge in [-0.15, -0.1) is 22.7 Å². The van der Waals surface area contributed by atoms with E-state index in [1.54, 1.807) is 12.1 Å². The van der Waals surface area contributed by atoms with Crippen LogP contribution in [-0.4, -0.2) is 18.6 Å². The van der Waals surface area contributed by atoms with Crippen LogP contribution in [0, 0.1) is 42.9 Å². The van der Waals surface area contributed by atoms with Crippen molar-refractivity contribution in [2.75, 3.05) is 0 Å². The molecule has 0 aliphatic carbocycles. The Kier molecular flexibility index (Phi) is 6.60. The topological polar surface area (TPSA) is 184 Å². The van der Waals surface area contributed by atoms with Gasteiger partial charge in [0.2, 0.25) is 0 Å². The molecule has 4 heterocycles. The summed E-state index contributed by atoms with van der Waals surface area (Å²) in [6, 6.07) is 20.4. The van der Waals surface area contributed by atoms with E-state index in [1.165, 1.54) is 46.9 Å². The molecule has 0 saturated heterocycles. The van der Waals surface area contributed by atoms with Crippen LogP contribution in [0.15, 0.2) is 69.4 Å². The predicted molar refractivity (Wildman–Crippen MR) is 169 cm³/mol. The van der Waals surface area contributed by atoms with Crippen molar-refractivity contribution in [3.8, 4) is 53.9 Å². The fourth-order valence-corrected chi connectivity index (χ4v) is 8.07. The molecule has 44 heavy (non-hydrogen) atoms. The minimum atomic E-state index is -0.576. The molecule has 210 valence electrons. The van der Waals surface area contributed by atoms with E-state index in [0.29, 0.717) is 33.5 Å². The molecule has 0 radical (unpaired) electrons. The van der Waals surface area contributed by atoms with Crippen molar-refractivity contribution in [2.45, 2.75) is 0 Å². The van der Waals surface area contributed by atoms with Crippen LogP contribution in [0.2, 0.25) is 0 Å². The van der Waals surface area contributed by atoms with E-state index in [0.717, 1.165) is 53.7 Å². The smallest absolute Gasteiger partial charge is 0.258 e. The van der Waals surface area contributed by atoms with Crippen molar-refractivity contribution in [1.29, 1.82) is 10.5 Å². The molecule has 3 aromatic carbocycles. The number of hydrogen-bond donors (Lipinski definition) is 0. The first kappa shape index (κ1) is 27.3. The van der Waals surface area contributed by atoms with E-state index < -0.39 is 9.85 Å². The number of fused-ring (bicyclic) bond motifs is 2. The minimum Gasteiger partial charge on any atom is -0.258 e. The molecule has 1 aliphatic heterocycles. The zero-order chi connectivity index (χ0) is 30.5. The number of nitro benzene ring substituents is 2. The molecule has 0 bridgehead atoms. The lowest BCUT2D eigenvalue weighted by Gasteiger charge is -2.09. The summed E-state index contributed by atoms with van der Waals surface area (Å²) in [5.74, 6) is 0. The second-order valence-corrected chi connectivity index (χ2v) is 12.4. The van der Waals surface area contributed by atoms with Crippen LogP contribution in [0.1, 0.15) is 11.1 Å². The zero-order valence-corrected chi connectivity index (χ0v) is 24.9. The van der Waals surface area contributed by atoms with Gasteiger partial charge in [-0.05, 0) is 59.7 Å². The summed E-state index contributed by atoms with van der Waals surface area (Å²) in [5, 5.41) is 41.4. The molecule has 0 atom stereocenters. The third-order valence-electron chi connectivity index (χ3n) is 6.83. The van der Waals surface area contributed by atoms with Gasteiger partial charge in [0.15, 0.2) is 0 Å². The van der Waals surface area contributed by atoms with Crippen LogP contribution < -0.4 is 0 Å². The first-order valence-electron chi connectivity index (χ1n) is 12.4. The highest BCUT2D eigenvalue weighted by Crippen LogP contribution is 2.54. The maximum Gasteiger partial charge on any atom is 0.287 e. The lowest BCUT2D eigenvalue weighted by atomic mass is 10.0.